The maximum absolute atomic E-state index is 12.5. The molecule has 0 aromatic rings. The molecule has 1 saturated heterocycles. The SMILES string of the molecule is CCCNC(COC)CN1C(=O)C2CC(CC)CC2C1=O. The van der Waals surface area contributed by atoms with E-state index in [0.29, 0.717) is 19.1 Å². The van der Waals surface area contributed by atoms with E-state index in [0.717, 1.165) is 32.2 Å². The molecule has 0 aromatic carbocycles. The number of rotatable bonds is 8. The molecule has 5 heteroatoms. The Bertz CT molecular complexity index is 362. The second kappa shape index (κ2) is 7.36. The maximum atomic E-state index is 12.5. The predicted octanol–water partition coefficient (Wildman–Crippen LogP) is 1.42. The van der Waals surface area contributed by atoms with Crippen LogP contribution in [0.1, 0.15) is 39.5 Å². The van der Waals surface area contributed by atoms with Gasteiger partial charge in [-0.05, 0) is 31.7 Å². The number of nitrogens with zero attached hydrogens (tertiary/aromatic N) is 1. The molecule has 2 aliphatic rings. The summed E-state index contributed by atoms with van der Waals surface area (Å²) in [5, 5.41) is 3.35. The van der Waals surface area contributed by atoms with Crippen molar-refractivity contribution in [2.45, 2.75) is 45.6 Å². The Morgan fingerprint density at radius 2 is 1.86 bits per heavy atom. The number of nitrogens with one attached hydrogen (secondary N) is 1. The van der Waals surface area contributed by atoms with Crippen LogP contribution in [0.5, 0.6) is 0 Å². The fourth-order valence-corrected chi connectivity index (χ4v) is 3.66. The minimum absolute atomic E-state index is 0.0312. The Labute approximate surface area is 127 Å². The molecule has 0 aromatic heterocycles. The molecule has 1 aliphatic carbocycles. The van der Waals surface area contributed by atoms with E-state index in [1.165, 1.54) is 4.90 Å². The van der Waals surface area contributed by atoms with Gasteiger partial charge in [0.25, 0.3) is 0 Å². The van der Waals surface area contributed by atoms with Gasteiger partial charge in [-0.3, -0.25) is 14.5 Å². The molecule has 120 valence electrons. The third-order valence-electron chi connectivity index (χ3n) is 4.86. The van der Waals surface area contributed by atoms with Crippen molar-refractivity contribution in [1.82, 2.24) is 10.2 Å². The van der Waals surface area contributed by atoms with Gasteiger partial charge >= 0.3 is 0 Å². The number of amides is 2. The van der Waals surface area contributed by atoms with Gasteiger partial charge in [-0.25, -0.2) is 0 Å². The summed E-state index contributed by atoms with van der Waals surface area (Å²) in [4.78, 5) is 26.5. The van der Waals surface area contributed by atoms with E-state index in [2.05, 4.69) is 19.2 Å². The van der Waals surface area contributed by atoms with E-state index in [-0.39, 0.29) is 29.7 Å². The molecule has 1 aliphatic heterocycles. The molecule has 3 unspecified atom stereocenters. The third kappa shape index (κ3) is 3.46. The largest absolute Gasteiger partial charge is 0.383 e. The van der Waals surface area contributed by atoms with E-state index >= 15 is 0 Å². The zero-order chi connectivity index (χ0) is 15.4. The van der Waals surface area contributed by atoms with E-state index in [1.807, 2.05) is 0 Å². The van der Waals surface area contributed by atoms with Crippen molar-refractivity contribution in [1.29, 1.82) is 0 Å². The molecule has 1 saturated carbocycles. The molecule has 2 fully saturated rings. The molecule has 21 heavy (non-hydrogen) atoms. The summed E-state index contributed by atoms with van der Waals surface area (Å²) in [6, 6.07) is 0.0312. The second-order valence-electron chi connectivity index (χ2n) is 6.35. The van der Waals surface area contributed by atoms with Crippen molar-refractivity contribution in [2.75, 3.05) is 26.8 Å². The average Bonchev–Trinajstić information content (AvgIpc) is 3.00. The molecular formula is C16H28N2O3. The molecule has 0 radical (unpaired) electrons. The van der Waals surface area contributed by atoms with Crippen molar-refractivity contribution >= 4 is 11.8 Å². The molecule has 1 heterocycles. The summed E-state index contributed by atoms with van der Waals surface area (Å²) in [6.45, 7) is 6.06. The Balaban J connectivity index is 1.98. The summed E-state index contributed by atoms with van der Waals surface area (Å²) >= 11 is 0. The zero-order valence-electron chi connectivity index (χ0n) is 13.4. The predicted molar refractivity (Wildman–Crippen MR) is 80.7 cm³/mol. The molecule has 2 amide bonds. The maximum Gasteiger partial charge on any atom is 0.233 e. The summed E-state index contributed by atoms with van der Waals surface area (Å²) < 4.78 is 5.20. The number of fused-ring (bicyclic) bond motifs is 1. The molecule has 0 spiro atoms. The van der Waals surface area contributed by atoms with Crippen LogP contribution >= 0.6 is 0 Å². The van der Waals surface area contributed by atoms with Gasteiger partial charge in [-0.1, -0.05) is 20.3 Å². The minimum Gasteiger partial charge on any atom is -0.383 e. The van der Waals surface area contributed by atoms with E-state index in [9.17, 15) is 9.59 Å². The monoisotopic (exact) mass is 296 g/mol. The number of hydrogen-bond donors (Lipinski definition) is 1. The smallest absolute Gasteiger partial charge is 0.233 e. The zero-order valence-corrected chi connectivity index (χ0v) is 13.4. The third-order valence-corrected chi connectivity index (χ3v) is 4.86. The number of ether oxygens (including phenoxy) is 1. The number of likely N-dealkylation sites (tertiary alicyclic amines) is 1. The number of imide groups is 1. The van der Waals surface area contributed by atoms with Crippen LogP contribution in [0.3, 0.4) is 0 Å². The number of carbonyl (C=O) groups is 2. The Morgan fingerprint density at radius 3 is 2.33 bits per heavy atom. The number of carbonyl (C=O) groups excluding carboxylic acids is 2. The van der Waals surface area contributed by atoms with Gasteiger partial charge in [0.15, 0.2) is 0 Å². The highest BCUT2D eigenvalue weighted by Crippen LogP contribution is 2.44. The van der Waals surface area contributed by atoms with Crippen molar-refractivity contribution in [3.8, 4) is 0 Å². The molecule has 5 nitrogen and oxygen atoms in total. The first-order chi connectivity index (χ1) is 10.1. The lowest BCUT2D eigenvalue weighted by molar-refractivity contribution is -0.141. The molecule has 2 rings (SSSR count). The van der Waals surface area contributed by atoms with Crippen molar-refractivity contribution in [3.63, 3.8) is 0 Å². The first-order valence-corrected chi connectivity index (χ1v) is 8.19. The van der Waals surface area contributed by atoms with Gasteiger partial charge in [-0.15, -0.1) is 0 Å². The van der Waals surface area contributed by atoms with Crippen LogP contribution in [0, 0.1) is 17.8 Å². The molecule has 3 atom stereocenters. The normalized spacial score (nSPS) is 30.0. The Morgan fingerprint density at radius 1 is 1.24 bits per heavy atom. The molecule has 1 N–H and O–H groups in total. The van der Waals surface area contributed by atoms with Crippen molar-refractivity contribution in [3.05, 3.63) is 0 Å². The Hall–Kier alpha value is -0.940. The van der Waals surface area contributed by atoms with Gasteiger partial charge < -0.3 is 10.1 Å². The highest BCUT2D eigenvalue weighted by molar-refractivity contribution is 6.05. The fourth-order valence-electron chi connectivity index (χ4n) is 3.66. The quantitative estimate of drug-likeness (QED) is 0.688. The topological polar surface area (TPSA) is 58.6 Å². The minimum atomic E-state index is -0.0585. The first kappa shape index (κ1) is 16.4. The second-order valence-corrected chi connectivity index (χ2v) is 6.35. The van der Waals surface area contributed by atoms with Gasteiger partial charge in [0.05, 0.1) is 18.4 Å². The number of hydrogen-bond acceptors (Lipinski definition) is 4. The average molecular weight is 296 g/mol. The van der Waals surface area contributed by atoms with Gasteiger partial charge in [0.1, 0.15) is 0 Å². The van der Waals surface area contributed by atoms with Gasteiger partial charge in [0, 0.05) is 19.7 Å². The van der Waals surface area contributed by atoms with Crippen LogP contribution < -0.4 is 5.32 Å². The summed E-state index contributed by atoms with van der Waals surface area (Å²) in [5.41, 5.74) is 0. The molecule has 0 bridgehead atoms. The first-order valence-electron chi connectivity index (χ1n) is 8.19. The van der Waals surface area contributed by atoms with Crippen LogP contribution in [0.25, 0.3) is 0 Å². The van der Waals surface area contributed by atoms with Crippen LogP contribution in [-0.4, -0.2) is 49.6 Å². The van der Waals surface area contributed by atoms with E-state index in [1.54, 1.807) is 7.11 Å². The van der Waals surface area contributed by atoms with Crippen molar-refractivity contribution < 1.29 is 14.3 Å². The van der Waals surface area contributed by atoms with Crippen molar-refractivity contribution in [2.24, 2.45) is 17.8 Å². The Kier molecular flexibility index (Phi) is 5.76. The number of methoxy groups -OCH3 is 1. The summed E-state index contributed by atoms with van der Waals surface area (Å²) in [6.07, 6.45) is 3.86. The fraction of sp³-hybridized carbons (Fsp3) is 0.875. The van der Waals surface area contributed by atoms with Crippen LogP contribution in [0.4, 0.5) is 0 Å². The highest BCUT2D eigenvalue weighted by atomic mass is 16.5. The highest BCUT2D eigenvalue weighted by Gasteiger charge is 2.52. The van der Waals surface area contributed by atoms with Gasteiger partial charge in [0.2, 0.25) is 11.8 Å². The van der Waals surface area contributed by atoms with Crippen LogP contribution in [-0.2, 0) is 14.3 Å². The lowest BCUT2D eigenvalue weighted by Gasteiger charge is -2.24. The van der Waals surface area contributed by atoms with Gasteiger partial charge in [-0.2, -0.15) is 0 Å². The lowest BCUT2D eigenvalue weighted by Crippen LogP contribution is -2.46. The van der Waals surface area contributed by atoms with Crippen LogP contribution in [0.15, 0.2) is 0 Å². The summed E-state index contributed by atoms with van der Waals surface area (Å²) in [7, 11) is 1.65. The summed E-state index contributed by atoms with van der Waals surface area (Å²) in [5.74, 6) is 0.511. The van der Waals surface area contributed by atoms with E-state index in [4.69, 9.17) is 4.74 Å². The van der Waals surface area contributed by atoms with E-state index < -0.39 is 0 Å². The van der Waals surface area contributed by atoms with Crippen LogP contribution in [0.2, 0.25) is 0 Å². The molecular weight excluding hydrogens is 268 g/mol. The standard InChI is InChI=1S/C16H28N2O3/c1-4-6-17-12(10-21-3)9-18-15(19)13-7-11(5-2)8-14(13)16(18)20/h11-14,17H,4-10H2,1-3H3. The lowest BCUT2D eigenvalue weighted by atomic mass is 10.00.